The van der Waals surface area contributed by atoms with Gasteiger partial charge in [0.2, 0.25) is 0 Å². The molecule has 0 saturated heterocycles. The van der Waals surface area contributed by atoms with E-state index in [2.05, 4.69) is 5.10 Å². The third-order valence-corrected chi connectivity index (χ3v) is 1.86. The summed E-state index contributed by atoms with van der Waals surface area (Å²) in [6, 6.07) is 7.43. The number of rotatable bonds is 0. The lowest BCUT2D eigenvalue weighted by Gasteiger charge is -1.97. The molecule has 0 bridgehead atoms. The van der Waals surface area contributed by atoms with Crippen LogP contribution in [0.15, 0.2) is 35.3 Å². The summed E-state index contributed by atoms with van der Waals surface area (Å²) in [4.78, 5) is 11.4. The lowest BCUT2D eigenvalue weighted by molar-refractivity contribution is 0.718. The van der Waals surface area contributed by atoms with Crippen LogP contribution in [0.2, 0.25) is 0 Å². The summed E-state index contributed by atoms with van der Waals surface area (Å²) >= 11 is 0. The van der Waals surface area contributed by atoms with E-state index < -0.39 is 0 Å². The van der Waals surface area contributed by atoms with E-state index in [0.717, 1.165) is 10.8 Å². The molecule has 0 aliphatic rings. The minimum atomic E-state index is -0.0481. The summed E-state index contributed by atoms with van der Waals surface area (Å²) in [7, 11) is 1.65. The highest BCUT2D eigenvalue weighted by atomic mass is 35.5. The van der Waals surface area contributed by atoms with Crippen molar-refractivity contribution in [3.8, 4) is 0 Å². The predicted molar refractivity (Wildman–Crippen MR) is 54.2 cm³/mol. The molecule has 2 aromatic rings. The van der Waals surface area contributed by atoms with E-state index in [0.29, 0.717) is 0 Å². The molecule has 0 atom stereocenters. The highest BCUT2D eigenvalue weighted by Gasteiger charge is 1.97. The van der Waals surface area contributed by atoms with Crippen LogP contribution >= 0.6 is 12.4 Å². The third kappa shape index (κ3) is 1.55. The zero-order valence-electron chi connectivity index (χ0n) is 7.10. The molecule has 68 valence electrons. The van der Waals surface area contributed by atoms with Crippen LogP contribution in [0.3, 0.4) is 0 Å². The van der Waals surface area contributed by atoms with Crippen LogP contribution in [0.5, 0.6) is 0 Å². The van der Waals surface area contributed by atoms with Crippen molar-refractivity contribution in [3.05, 3.63) is 40.8 Å². The molecule has 0 unspecified atom stereocenters. The Morgan fingerprint density at radius 1 is 1.31 bits per heavy atom. The lowest BCUT2D eigenvalue weighted by Crippen LogP contribution is -2.18. The van der Waals surface area contributed by atoms with Crippen molar-refractivity contribution >= 4 is 23.2 Å². The van der Waals surface area contributed by atoms with Crippen molar-refractivity contribution in [2.45, 2.75) is 0 Å². The molecule has 0 N–H and O–H groups in total. The van der Waals surface area contributed by atoms with Crippen LogP contribution in [0, 0.1) is 0 Å². The Morgan fingerprint density at radius 3 is 2.77 bits per heavy atom. The molecule has 1 aromatic carbocycles. The summed E-state index contributed by atoms with van der Waals surface area (Å²) in [5.74, 6) is 0. The largest absolute Gasteiger partial charge is 0.274 e. The van der Waals surface area contributed by atoms with E-state index in [4.69, 9.17) is 0 Å². The number of hydrogen-bond donors (Lipinski definition) is 0. The van der Waals surface area contributed by atoms with E-state index in [9.17, 15) is 4.79 Å². The Balaban J connectivity index is 0.000000845. The average molecular weight is 197 g/mol. The normalized spacial score (nSPS) is 9.62. The van der Waals surface area contributed by atoms with Gasteiger partial charge in [-0.15, -0.1) is 12.4 Å². The quantitative estimate of drug-likeness (QED) is 0.638. The van der Waals surface area contributed by atoms with Gasteiger partial charge in [-0.1, -0.05) is 18.2 Å². The molecule has 1 heterocycles. The third-order valence-electron chi connectivity index (χ3n) is 1.86. The zero-order chi connectivity index (χ0) is 8.55. The zero-order valence-corrected chi connectivity index (χ0v) is 7.91. The average Bonchev–Trinajstić information content (AvgIpc) is 2.12. The summed E-state index contributed by atoms with van der Waals surface area (Å²) in [6.07, 6.45) is 1.69. The molecule has 0 fully saturated rings. The number of hydrogen-bond acceptors (Lipinski definition) is 2. The molecular formula is C9H9ClN2O. The maximum absolute atomic E-state index is 11.4. The van der Waals surface area contributed by atoms with Crippen molar-refractivity contribution in [2.75, 3.05) is 0 Å². The molecule has 13 heavy (non-hydrogen) atoms. The second-order valence-electron chi connectivity index (χ2n) is 2.66. The number of nitrogens with zero attached hydrogens (tertiary/aromatic N) is 2. The Bertz CT molecular complexity index is 478. The summed E-state index contributed by atoms with van der Waals surface area (Å²) < 4.78 is 1.34. The molecular weight excluding hydrogens is 188 g/mol. The van der Waals surface area contributed by atoms with Gasteiger partial charge in [0.25, 0.3) is 5.56 Å². The molecule has 0 aliphatic heterocycles. The Labute approximate surface area is 81.4 Å². The summed E-state index contributed by atoms with van der Waals surface area (Å²) in [5.41, 5.74) is -0.0481. The molecule has 0 amide bonds. The monoisotopic (exact) mass is 196 g/mol. The smallest absolute Gasteiger partial charge is 0.267 e. The number of aryl methyl sites for hydroxylation is 1. The minimum Gasteiger partial charge on any atom is -0.267 e. The van der Waals surface area contributed by atoms with Gasteiger partial charge >= 0.3 is 0 Å². The first-order valence-electron chi connectivity index (χ1n) is 3.70. The summed E-state index contributed by atoms with van der Waals surface area (Å²) in [6.45, 7) is 0. The van der Waals surface area contributed by atoms with Crippen LogP contribution in [0.25, 0.3) is 10.8 Å². The van der Waals surface area contributed by atoms with Crippen LogP contribution in [-0.2, 0) is 7.05 Å². The van der Waals surface area contributed by atoms with Crippen molar-refractivity contribution < 1.29 is 0 Å². The Hall–Kier alpha value is -1.35. The number of fused-ring (bicyclic) bond motifs is 1. The van der Waals surface area contributed by atoms with Crippen LogP contribution in [0.1, 0.15) is 0 Å². The van der Waals surface area contributed by atoms with Gasteiger partial charge in [-0.25, -0.2) is 4.68 Å². The van der Waals surface area contributed by atoms with Gasteiger partial charge in [-0.3, -0.25) is 4.79 Å². The SMILES string of the molecule is Cl.Cn1ncc2ccccc2c1=O. The van der Waals surface area contributed by atoms with E-state index in [1.165, 1.54) is 4.68 Å². The minimum absolute atomic E-state index is 0. The van der Waals surface area contributed by atoms with Crippen LogP contribution < -0.4 is 5.56 Å². The van der Waals surface area contributed by atoms with E-state index in [1.54, 1.807) is 19.3 Å². The van der Waals surface area contributed by atoms with Crippen molar-refractivity contribution in [1.29, 1.82) is 0 Å². The molecule has 3 nitrogen and oxygen atoms in total. The standard InChI is InChI=1S/C9H8N2O.ClH/c1-11-9(12)8-5-3-2-4-7(8)6-10-11;/h2-6H,1H3;1H. The highest BCUT2D eigenvalue weighted by molar-refractivity contribution is 5.85. The molecule has 2 rings (SSSR count). The number of halogens is 1. The Morgan fingerprint density at radius 2 is 2.00 bits per heavy atom. The summed E-state index contributed by atoms with van der Waals surface area (Å²) in [5, 5.41) is 5.52. The molecule has 0 spiro atoms. The second-order valence-corrected chi connectivity index (χ2v) is 2.66. The maximum Gasteiger partial charge on any atom is 0.274 e. The fourth-order valence-corrected chi connectivity index (χ4v) is 1.18. The first kappa shape index (κ1) is 9.74. The molecule has 0 saturated carbocycles. The molecule has 0 aliphatic carbocycles. The lowest BCUT2D eigenvalue weighted by atomic mass is 10.2. The van der Waals surface area contributed by atoms with Gasteiger partial charge in [0.05, 0.1) is 11.6 Å². The van der Waals surface area contributed by atoms with Gasteiger partial charge in [-0.05, 0) is 6.07 Å². The van der Waals surface area contributed by atoms with Gasteiger partial charge in [0, 0.05) is 12.4 Å². The fraction of sp³-hybridized carbons (Fsp3) is 0.111. The molecule has 0 radical (unpaired) electrons. The van der Waals surface area contributed by atoms with Gasteiger partial charge < -0.3 is 0 Å². The van der Waals surface area contributed by atoms with Crippen molar-refractivity contribution in [2.24, 2.45) is 7.05 Å². The van der Waals surface area contributed by atoms with Crippen molar-refractivity contribution in [3.63, 3.8) is 0 Å². The maximum atomic E-state index is 11.4. The van der Waals surface area contributed by atoms with Crippen LogP contribution in [-0.4, -0.2) is 9.78 Å². The first-order chi connectivity index (χ1) is 5.79. The molecule has 4 heteroatoms. The number of aromatic nitrogens is 2. The van der Waals surface area contributed by atoms with Gasteiger partial charge in [-0.2, -0.15) is 5.10 Å². The number of benzene rings is 1. The Kier molecular flexibility index (Phi) is 2.68. The first-order valence-corrected chi connectivity index (χ1v) is 3.70. The fourth-order valence-electron chi connectivity index (χ4n) is 1.18. The van der Waals surface area contributed by atoms with E-state index in [1.807, 2.05) is 18.2 Å². The van der Waals surface area contributed by atoms with Crippen LogP contribution in [0.4, 0.5) is 0 Å². The topological polar surface area (TPSA) is 34.9 Å². The second kappa shape index (κ2) is 3.58. The predicted octanol–water partition coefficient (Wildman–Crippen LogP) is 1.36. The molecule has 1 aromatic heterocycles. The van der Waals surface area contributed by atoms with Crippen molar-refractivity contribution in [1.82, 2.24) is 9.78 Å². The van der Waals surface area contributed by atoms with E-state index >= 15 is 0 Å². The highest BCUT2D eigenvalue weighted by Crippen LogP contribution is 2.05. The van der Waals surface area contributed by atoms with E-state index in [-0.39, 0.29) is 18.0 Å². The van der Waals surface area contributed by atoms with Gasteiger partial charge in [0.15, 0.2) is 0 Å². The van der Waals surface area contributed by atoms with Gasteiger partial charge in [0.1, 0.15) is 0 Å².